The van der Waals surface area contributed by atoms with Crippen LogP contribution < -0.4 is 9.47 Å². The second-order valence-corrected chi connectivity index (χ2v) is 4.59. The van der Waals surface area contributed by atoms with Gasteiger partial charge in [0.2, 0.25) is 0 Å². The first kappa shape index (κ1) is 12.6. The van der Waals surface area contributed by atoms with Crippen LogP contribution in [0.15, 0.2) is 24.3 Å². The summed E-state index contributed by atoms with van der Waals surface area (Å²) in [5.74, 6) is 1.90. The van der Waals surface area contributed by atoms with Crippen molar-refractivity contribution >= 4 is 10.8 Å². The molecule has 1 N–H and O–H groups in total. The van der Waals surface area contributed by atoms with Gasteiger partial charge in [-0.2, -0.15) is 0 Å². The van der Waals surface area contributed by atoms with Crippen LogP contribution >= 0.6 is 0 Å². The fraction of sp³-hybridized carbons (Fsp3) is 0.333. The molecule has 0 radical (unpaired) electrons. The van der Waals surface area contributed by atoms with Crippen LogP contribution in [0.4, 0.5) is 0 Å². The highest BCUT2D eigenvalue weighted by Gasteiger charge is 2.13. The Kier molecular flexibility index (Phi) is 3.32. The fourth-order valence-corrected chi connectivity index (χ4v) is 2.12. The molecule has 0 saturated heterocycles. The number of fused-ring (bicyclic) bond motifs is 1. The Labute approximate surface area is 107 Å². The molecule has 0 spiro atoms. The van der Waals surface area contributed by atoms with E-state index in [9.17, 15) is 5.11 Å². The smallest absolute Gasteiger partial charge is 0.161 e. The lowest BCUT2D eigenvalue weighted by Crippen LogP contribution is -1.93. The van der Waals surface area contributed by atoms with Crippen LogP contribution in [-0.2, 0) is 0 Å². The monoisotopic (exact) mass is 246 g/mol. The van der Waals surface area contributed by atoms with E-state index in [1.54, 1.807) is 14.2 Å². The average Bonchev–Trinajstić information content (AvgIpc) is 2.37. The van der Waals surface area contributed by atoms with E-state index < -0.39 is 0 Å². The second-order valence-electron chi connectivity index (χ2n) is 4.59. The molecule has 2 rings (SSSR count). The molecule has 0 saturated carbocycles. The van der Waals surface area contributed by atoms with Gasteiger partial charge in [-0.15, -0.1) is 0 Å². The number of benzene rings is 2. The summed E-state index contributed by atoms with van der Waals surface area (Å²) >= 11 is 0. The Morgan fingerprint density at radius 1 is 1.00 bits per heavy atom. The summed E-state index contributed by atoms with van der Waals surface area (Å²) in [6, 6.07) is 7.63. The molecular formula is C15H18O3. The molecule has 0 aliphatic heterocycles. The molecule has 0 heterocycles. The number of methoxy groups -OCH3 is 2. The molecule has 0 aliphatic rings. The van der Waals surface area contributed by atoms with E-state index in [0.29, 0.717) is 17.2 Å². The first-order valence-corrected chi connectivity index (χ1v) is 5.96. The van der Waals surface area contributed by atoms with Crippen LogP contribution in [0.1, 0.15) is 25.3 Å². The lowest BCUT2D eigenvalue weighted by molar-refractivity contribution is 0.355. The van der Waals surface area contributed by atoms with Gasteiger partial charge in [0, 0.05) is 5.39 Å². The largest absolute Gasteiger partial charge is 0.507 e. The van der Waals surface area contributed by atoms with Gasteiger partial charge in [0.05, 0.1) is 14.2 Å². The summed E-state index contributed by atoms with van der Waals surface area (Å²) in [5.41, 5.74) is 0.940. The predicted octanol–water partition coefficient (Wildman–Crippen LogP) is 3.69. The van der Waals surface area contributed by atoms with Crippen LogP contribution in [0, 0.1) is 0 Å². The van der Waals surface area contributed by atoms with Crippen molar-refractivity contribution in [2.45, 2.75) is 19.8 Å². The number of aromatic hydroxyl groups is 1. The van der Waals surface area contributed by atoms with Gasteiger partial charge in [0.25, 0.3) is 0 Å². The number of hydrogen-bond acceptors (Lipinski definition) is 3. The molecule has 18 heavy (non-hydrogen) atoms. The van der Waals surface area contributed by atoms with Gasteiger partial charge in [-0.25, -0.2) is 0 Å². The third kappa shape index (κ3) is 1.96. The molecule has 0 aliphatic carbocycles. The van der Waals surface area contributed by atoms with Crippen LogP contribution in [-0.4, -0.2) is 19.3 Å². The van der Waals surface area contributed by atoms with Gasteiger partial charge >= 0.3 is 0 Å². The van der Waals surface area contributed by atoms with Gasteiger partial charge in [-0.3, -0.25) is 0 Å². The second kappa shape index (κ2) is 4.77. The van der Waals surface area contributed by atoms with Gasteiger partial charge in [0.15, 0.2) is 11.5 Å². The topological polar surface area (TPSA) is 38.7 Å². The number of phenols is 1. The van der Waals surface area contributed by atoms with E-state index in [-0.39, 0.29) is 5.92 Å². The highest BCUT2D eigenvalue weighted by Crippen LogP contribution is 2.39. The van der Waals surface area contributed by atoms with Gasteiger partial charge in [-0.1, -0.05) is 26.0 Å². The summed E-state index contributed by atoms with van der Waals surface area (Å²) in [4.78, 5) is 0. The van der Waals surface area contributed by atoms with Crippen LogP contribution in [0.25, 0.3) is 10.8 Å². The maximum atomic E-state index is 10.3. The number of hydrogen-bond donors (Lipinski definition) is 1. The van der Waals surface area contributed by atoms with E-state index in [1.165, 1.54) is 0 Å². The zero-order valence-electron chi connectivity index (χ0n) is 11.2. The summed E-state index contributed by atoms with van der Waals surface area (Å²) in [7, 11) is 3.19. The summed E-state index contributed by atoms with van der Waals surface area (Å²) in [6.45, 7) is 4.11. The van der Waals surface area contributed by atoms with Crippen molar-refractivity contribution in [2.75, 3.05) is 14.2 Å². The van der Waals surface area contributed by atoms with Crippen LogP contribution in [0.3, 0.4) is 0 Å². The molecule has 3 heteroatoms. The molecule has 96 valence electrons. The van der Waals surface area contributed by atoms with Crippen molar-refractivity contribution in [3.8, 4) is 17.2 Å². The zero-order valence-corrected chi connectivity index (χ0v) is 11.2. The third-order valence-electron chi connectivity index (χ3n) is 3.15. The first-order chi connectivity index (χ1) is 8.58. The highest BCUT2D eigenvalue weighted by molar-refractivity contribution is 5.92. The summed E-state index contributed by atoms with van der Waals surface area (Å²) < 4.78 is 10.5. The Balaban J connectivity index is 2.73. The van der Waals surface area contributed by atoms with Crippen molar-refractivity contribution in [1.82, 2.24) is 0 Å². The molecule has 0 aromatic heterocycles. The quantitative estimate of drug-likeness (QED) is 0.897. The van der Waals surface area contributed by atoms with Crippen molar-refractivity contribution in [3.05, 3.63) is 29.8 Å². The van der Waals surface area contributed by atoms with Crippen LogP contribution in [0.5, 0.6) is 17.2 Å². The fourth-order valence-electron chi connectivity index (χ4n) is 2.12. The van der Waals surface area contributed by atoms with E-state index in [4.69, 9.17) is 9.47 Å². The Hall–Kier alpha value is -1.90. The van der Waals surface area contributed by atoms with E-state index >= 15 is 0 Å². The van der Waals surface area contributed by atoms with Crippen molar-refractivity contribution in [2.24, 2.45) is 0 Å². The van der Waals surface area contributed by atoms with Crippen molar-refractivity contribution in [1.29, 1.82) is 0 Å². The minimum absolute atomic E-state index is 0.280. The van der Waals surface area contributed by atoms with E-state index in [1.807, 2.05) is 24.3 Å². The predicted molar refractivity (Wildman–Crippen MR) is 72.8 cm³/mol. The summed E-state index contributed by atoms with van der Waals surface area (Å²) in [6.07, 6.45) is 0. The Morgan fingerprint density at radius 2 is 1.61 bits per heavy atom. The van der Waals surface area contributed by atoms with E-state index in [2.05, 4.69) is 13.8 Å². The average molecular weight is 246 g/mol. The molecule has 0 amide bonds. The van der Waals surface area contributed by atoms with Crippen LogP contribution in [0.2, 0.25) is 0 Å². The highest BCUT2D eigenvalue weighted by atomic mass is 16.5. The standard InChI is InChI=1S/C15H18O3/c1-9(2)11-6-5-10-7-13(17-3)14(18-4)8-12(10)15(11)16/h5-9,16H,1-4H3. The zero-order chi connectivity index (χ0) is 13.3. The molecular weight excluding hydrogens is 228 g/mol. The van der Waals surface area contributed by atoms with Crippen molar-refractivity contribution < 1.29 is 14.6 Å². The summed E-state index contributed by atoms with van der Waals surface area (Å²) in [5, 5.41) is 12.0. The maximum Gasteiger partial charge on any atom is 0.161 e. The van der Waals surface area contributed by atoms with Gasteiger partial charge in [0.1, 0.15) is 5.75 Å². The van der Waals surface area contributed by atoms with Gasteiger partial charge < -0.3 is 14.6 Å². The molecule has 3 nitrogen and oxygen atoms in total. The molecule has 0 bridgehead atoms. The van der Waals surface area contributed by atoms with E-state index in [0.717, 1.165) is 16.3 Å². The third-order valence-corrected chi connectivity index (χ3v) is 3.15. The Morgan fingerprint density at radius 3 is 2.17 bits per heavy atom. The molecule has 2 aromatic rings. The molecule has 2 aromatic carbocycles. The lowest BCUT2D eigenvalue weighted by Gasteiger charge is -2.13. The lowest BCUT2D eigenvalue weighted by atomic mass is 9.97. The maximum absolute atomic E-state index is 10.3. The Bertz CT molecular complexity index is 573. The normalized spacial score (nSPS) is 10.9. The van der Waals surface area contributed by atoms with Crippen molar-refractivity contribution in [3.63, 3.8) is 0 Å². The van der Waals surface area contributed by atoms with Gasteiger partial charge in [-0.05, 0) is 29.0 Å². The molecule has 0 atom stereocenters. The molecule has 0 unspecified atom stereocenters. The SMILES string of the molecule is COc1cc2ccc(C(C)C)c(O)c2cc1OC. The first-order valence-electron chi connectivity index (χ1n) is 5.96. The minimum Gasteiger partial charge on any atom is -0.507 e. The number of phenolic OH excluding ortho intramolecular Hbond substituents is 1. The minimum atomic E-state index is 0.280. The molecule has 0 fully saturated rings. The number of rotatable bonds is 3. The number of ether oxygens (including phenoxy) is 2.